The van der Waals surface area contributed by atoms with Crippen LogP contribution < -0.4 is 5.32 Å². The van der Waals surface area contributed by atoms with Crippen molar-refractivity contribution < 1.29 is 4.79 Å². The Balaban J connectivity index is 2.36. The zero-order valence-electron chi connectivity index (χ0n) is 8.05. The first-order valence-corrected chi connectivity index (χ1v) is 4.44. The van der Waals surface area contributed by atoms with Crippen molar-refractivity contribution in [2.24, 2.45) is 5.41 Å². The molecular weight excluding hydrogens is 164 g/mol. The van der Waals surface area contributed by atoms with E-state index < -0.39 is 5.41 Å². The molecule has 0 unspecified atom stereocenters. The van der Waals surface area contributed by atoms with Crippen LogP contribution in [0.1, 0.15) is 26.7 Å². The summed E-state index contributed by atoms with van der Waals surface area (Å²) < 4.78 is 0. The molecule has 1 rings (SSSR count). The topological polar surface area (TPSA) is 52.9 Å². The highest BCUT2D eigenvalue weighted by Gasteiger charge is 2.50. The normalized spacial score (nSPS) is 17.0. The van der Waals surface area contributed by atoms with Gasteiger partial charge in [-0.1, -0.05) is 11.6 Å². The van der Waals surface area contributed by atoms with Gasteiger partial charge >= 0.3 is 0 Å². The third-order valence-electron chi connectivity index (χ3n) is 2.17. The van der Waals surface area contributed by atoms with Crippen molar-refractivity contribution in [2.75, 3.05) is 6.54 Å². The number of allylic oxidation sites excluding steroid dienone is 1. The second-order valence-electron chi connectivity index (χ2n) is 3.69. The fourth-order valence-corrected chi connectivity index (χ4v) is 1.03. The summed E-state index contributed by atoms with van der Waals surface area (Å²) in [4.78, 5) is 11.4. The molecule has 1 saturated carbocycles. The Hall–Kier alpha value is -1.30. The van der Waals surface area contributed by atoms with E-state index >= 15 is 0 Å². The number of carbonyl (C=O) groups excluding carboxylic acids is 1. The summed E-state index contributed by atoms with van der Waals surface area (Å²) in [6.07, 6.45) is 3.36. The molecule has 13 heavy (non-hydrogen) atoms. The lowest BCUT2D eigenvalue weighted by molar-refractivity contribution is -0.124. The standard InChI is InChI=1S/C10H14N2O/c1-8(2)3-6-12-9(13)10(7-11)4-5-10/h3H,4-6H2,1-2H3,(H,12,13). The van der Waals surface area contributed by atoms with Crippen LogP contribution in [-0.4, -0.2) is 12.5 Å². The molecule has 0 aliphatic heterocycles. The molecule has 1 fully saturated rings. The van der Waals surface area contributed by atoms with Crippen molar-refractivity contribution in [3.8, 4) is 6.07 Å². The predicted molar refractivity (Wildman–Crippen MR) is 49.7 cm³/mol. The van der Waals surface area contributed by atoms with E-state index in [1.165, 1.54) is 5.57 Å². The number of hydrogen-bond acceptors (Lipinski definition) is 2. The molecule has 0 atom stereocenters. The first-order chi connectivity index (χ1) is 6.10. The highest BCUT2D eigenvalue weighted by molar-refractivity contribution is 5.88. The third kappa shape index (κ3) is 2.32. The van der Waals surface area contributed by atoms with Gasteiger partial charge in [0.2, 0.25) is 5.91 Å². The van der Waals surface area contributed by atoms with Gasteiger partial charge in [-0.05, 0) is 26.7 Å². The third-order valence-corrected chi connectivity index (χ3v) is 2.17. The van der Waals surface area contributed by atoms with Crippen molar-refractivity contribution in [1.82, 2.24) is 5.32 Å². The highest BCUT2D eigenvalue weighted by Crippen LogP contribution is 2.44. The van der Waals surface area contributed by atoms with Gasteiger partial charge in [-0.2, -0.15) is 5.26 Å². The predicted octanol–water partition coefficient (Wildman–Crippen LogP) is 1.37. The molecule has 0 spiro atoms. The Kier molecular flexibility index (Phi) is 2.72. The number of nitriles is 1. The molecule has 0 heterocycles. The summed E-state index contributed by atoms with van der Waals surface area (Å²) in [5.41, 5.74) is 0.484. The molecular formula is C10H14N2O. The SMILES string of the molecule is CC(C)=CCNC(=O)C1(C#N)CC1. The van der Waals surface area contributed by atoms with E-state index in [1.54, 1.807) is 0 Å². The fourth-order valence-electron chi connectivity index (χ4n) is 1.03. The molecule has 0 aromatic carbocycles. The van der Waals surface area contributed by atoms with Gasteiger partial charge in [0.15, 0.2) is 0 Å². The zero-order chi connectivity index (χ0) is 9.90. The van der Waals surface area contributed by atoms with Crippen molar-refractivity contribution in [3.05, 3.63) is 11.6 Å². The van der Waals surface area contributed by atoms with E-state index in [-0.39, 0.29) is 5.91 Å². The monoisotopic (exact) mass is 178 g/mol. The molecule has 0 aromatic heterocycles. The van der Waals surface area contributed by atoms with Gasteiger partial charge in [-0.3, -0.25) is 4.79 Å². The van der Waals surface area contributed by atoms with Gasteiger partial charge in [0, 0.05) is 6.54 Å². The molecule has 3 nitrogen and oxygen atoms in total. The van der Waals surface area contributed by atoms with Crippen LogP contribution in [0.5, 0.6) is 0 Å². The fraction of sp³-hybridized carbons (Fsp3) is 0.600. The lowest BCUT2D eigenvalue weighted by Gasteiger charge is -2.05. The maximum absolute atomic E-state index is 11.4. The largest absolute Gasteiger partial charge is 0.351 e. The number of nitrogens with zero attached hydrogens (tertiary/aromatic N) is 1. The molecule has 0 saturated heterocycles. The zero-order valence-corrected chi connectivity index (χ0v) is 8.05. The molecule has 3 heteroatoms. The number of nitrogens with one attached hydrogen (secondary N) is 1. The van der Waals surface area contributed by atoms with E-state index in [0.29, 0.717) is 19.4 Å². The van der Waals surface area contributed by atoms with E-state index in [0.717, 1.165) is 0 Å². The minimum absolute atomic E-state index is 0.118. The molecule has 0 aromatic rings. The second kappa shape index (κ2) is 3.61. The van der Waals surface area contributed by atoms with E-state index in [1.807, 2.05) is 19.9 Å². The summed E-state index contributed by atoms with van der Waals surface area (Å²) in [7, 11) is 0. The van der Waals surface area contributed by atoms with E-state index in [9.17, 15) is 4.79 Å². The Morgan fingerprint density at radius 2 is 2.23 bits per heavy atom. The van der Waals surface area contributed by atoms with Crippen LogP contribution in [0.15, 0.2) is 11.6 Å². The molecule has 1 N–H and O–H groups in total. The van der Waals surface area contributed by atoms with Crippen LogP contribution in [0, 0.1) is 16.7 Å². The van der Waals surface area contributed by atoms with Crippen molar-refractivity contribution >= 4 is 5.91 Å². The Labute approximate surface area is 78.4 Å². The summed E-state index contributed by atoms with van der Waals surface area (Å²) in [6, 6.07) is 2.06. The second-order valence-corrected chi connectivity index (χ2v) is 3.69. The lowest BCUT2D eigenvalue weighted by atomic mass is 10.1. The van der Waals surface area contributed by atoms with Gasteiger partial charge in [0.1, 0.15) is 5.41 Å². The molecule has 1 aliphatic rings. The smallest absolute Gasteiger partial charge is 0.240 e. The number of carbonyl (C=O) groups is 1. The molecule has 1 amide bonds. The Bertz CT molecular complexity index is 278. The minimum atomic E-state index is -0.685. The maximum atomic E-state index is 11.4. The first kappa shape index (κ1) is 9.79. The van der Waals surface area contributed by atoms with Crippen LogP contribution in [0.3, 0.4) is 0 Å². The van der Waals surface area contributed by atoms with E-state index in [2.05, 4.69) is 11.4 Å². The minimum Gasteiger partial charge on any atom is -0.351 e. The average molecular weight is 178 g/mol. The van der Waals surface area contributed by atoms with Crippen LogP contribution in [0.25, 0.3) is 0 Å². The average Bonchev–Trinajstić information content (AvgIpc) is 2.83. The number of rotatable bonds is 3. The Morgan fingerprint density at radius 1 is 1.62 bits per heavy atom. The number of hydrogen-bond donors (Lipinski definition) is 1. The van der Waals surface area contributed by atoms with Gasteiger partial charge in [0.25, 0.3) is 0 Å². The highest BCUT2D eigenvalue weighted by atomic mass is 16.2. The van der Waals surface area contributed by atoms with Crippen LogP contribution >= 0.6 is 0 Å². The van der Waals surface area contributed by atoms with Crippen molar-refractivity contribution in [3.63, 3.8) is 0 Å². The van der Waals surface area contributed by atoms with Gasteiger partial charge in [-0.15, -0.1) is 0 Å². The first-order valence-electron chi connectivity index (χ1n) is 4.44. The van der Waals surface area contributed by atoms with Crippen LogP contribution in [-0.2, 0) is 4.79 Å². The maximum Gasteiger partial charge on any atom is 0.240 e. The van der Waals surface area contributed by atoms with Gasteiger partial charge in [-0.25, -0.2) is 0 Å². The lowest BCUT2D eigenvalue weighted by Crippen LogP contribution is -2.31. The Morgan fingerprint density at radius 3 is 2.62 bits per heavy atom. The molecule has 0 bridgehead atoms. The summed E-state index contributed by atoms with van der Waals surface area (Å²) in [6.45, 7) is 4.48. The van der Waals surface area contributed by atoms with Crippen molar-refractivity contribution in [2.45, 2.75) is 26.7 Å². The molecule has 1 aliphatic carbocycles. The van der Waals surface area contributed by atoms with Crippen molar-refractivity contribution in [1.29, 1.82) is 5.26 Å². The van der Waals surface area contributed by atoms with E-state index in [4.69, 9.17) is 5.26 Å². The summed E-state index contributed by atoms with van der Waals surface area (Å²) >= 11 is 0. The molecule has 0 radical (unpaired) electrons. The van der Waals surface area contributed by atoms with Gasteiger partial charge in [0.05, 0.1) is 6.07 Å². The quantitative estimate of drug-likeness (QED) is 0.663. The van der Waals surface area contributed by atoms with Crippen LogP contribution in [0.4, 0.5) is 0 Å². The summed E-state index contributed by atoms with van der Waals surface area (Å²) in [5.74, 6) is -0.118. The summed E-state index contributed by atoms with van der Waals surface area (Å²) in [5, 5.41) is 11.4. The number of amides is 1. The van der Waals surface area contributed by atoms with Gasteiger partial charge < -0.3 is 5.32 Å². The van der Waals surface area contributed by atoms with Crippen LogP contribution in [0.2, 0.25) is 0 Å². The molecule has 70 valence electrons.